The first-order chi connectivity index (χ1) is 9.56. The van der Waals surface area contributed by atoms with Crippen molar-refractivity contribution in [2.45, 2.75) is 6.04 Å². The smallest absolute Gasteiger partial charge is 0.137 e. The maximum absolute atomic E-state index is 6.27. The molecule has 2 rings (SSSR count). The van der Waals surface area contributed by atoms with E-state index < -0.39 is 0 Å². The van der Waals surface area contributed by atoms with Crippen LogP contribution < -0.4 is 10.1 Å². The largest absolute Gasteiger partial charge is 0.495 e. The Morgan fingerprint density at radius 3 is 2.30 bits per heavy atom. The van der Waals surface area contributed by atoms with Gasteiger partial charge in [-0.2, -0.15) is 0 Å². The van der Waals surface area contributed by atoms with Crippen molar-refractivity contribution in [1.29, 1.82) is 0 Å². The fourth-order valence-corrected chi connectivity index (χ4v) is 2.88. The van der Waals surface area contributed by atoms with Gasteiger partial charge in [-0.3, -0.25) is 0 Å². The highest BCUT2D eigenvalue weighted by Crippen LogP contribution is 2.33. The topological polar surface area (TPSA) is 21.3 Å². The minimum absolute atomic E-state index is 0.0665. The molecule has 0 saturated heterocycles. The molecule has 0 radical (unpaired) electrons. The monoisotopic (exact) mass is 329 g/mol. The Morgan fingerprint density at radius 2 is 1.75 bits per heavy atom. The maximum atomic E-state index is 6.27. The highest BCUT2D eigenvalue weighted by molar-refractivity contribution is 6.35. The molecule has 1 atom stereocenters. The lowest BCUT2D eigenvalue weighted by molar-refractivity contribution is 0.414. The number of ether oxygens (including phenoxy) is 1. The van der Waals surface area contributed by atoms with Crippen LogP contribution >= 0.6 is 34.8 Å². The highest BCUT2D eigenvalue weighted by atomic mass is 35.5. The quantitative estimate of drug-likeness (QED) is 0.855. The van der Waals surface area contributed by atoms with Crippen molar-refractivity contribution in [2.24, 2.45) is 0 Å². The normalized spacial score (nSPS) is 12.2. The van der Waals surface area contributed by atoms with Gasteiger partial charge in [0.15, 0.2) is 0 Å². The molecule has 0 amide bonds. The van der Waals surface area contributed by atoms with E-state index in [0.717, 1.165) is 11.1 Å². The molecule has 2 nitrogen and oxygen atoms in total. The van der Waals surface area contributed by atoms with E-state index in [9.17, 15) is 0 Å². The van der Waals surface area contributed by atoms with E-state index in [0.29, 0.717) is 20.8 Å². The first kappa shape index (κ1) is 15.5. The molecule has 0 heterocycles. The van der Waals surface area contributed by atoms with Gasteiger partial charge in [-0.05, 0) is 42.4 Å². The van der Waals surface area contributed by atoms with Crippen LogP contribution in [0.25, 0.3) is 0 Å². The molecular formula is C15H14Cl3NO. The molecule has 2 aromatic rings. The second-order valence-corrected chi connectivity index (χ2v) is 5.53. The Balaban J connectivity index is 2.44. The lowest BCUT2D eigenvalue weighted by Gasteiger charge is -2.19. The molecule has 1 N–H and O–H groups in total. The van der Waals surface area contributed by atoms with Crippen LogP contribution in [0.2, 0.25) is 15.1 Å². The van der Waals surface area contributed by atoms with Crippen LogP contribution in [-0.4, -0.2) is 14.2 Å². The summed E-state index contributed by atoms with van der Waals surface area (Å²) in [6, 6.07) is 11.0. The fourth-order valence-electron chi connectivity index (χ4n) is 2.10. The molecule has 106 valence electrons. The van der Waals surface area contributed by atoms with Crippen LogP contribution in [0.3, 0.4) is 0 Å². The second kappa shape index (κ2) is 6.68. The summed E-state index contributed by atoms with van der Waals surface area (Å²) < 4.78 is 5.16. The number of rotatable bonds is 4. The van der Waals surface area contributed by atoms with Gasteiger partial charge in [0.2, 0.25) is 0 Å². The average Bonchev–Trinajstić information content (AvgIpc) is 2.42. The molecule has 0 aliphatic rings. The van der Waals surface area contributed by atoms with E-state index in [1.807, 2.05) is 37.4 Å². The van der Waals surface area contributed by atoms with Gasteiger partial charge in [-0.15, -0.1) is 0 Å². The van der Waals surface area contributed by atoms with Crippen LogP contribution in [0.15, 0.2) is 36.4 Å². The average molecular weight is 331 g/mol. The lowest BCUT2D eigenvalue weighted by atomic mass is 9.98. The summed E-state index contributed by atoms with van der Waals surface area (Å²) in [5.41, 5.74) is 1.95. The Kier molecular flexibility index (Phi) is 5.17. The molecule has 5 heteroatoms. The van der Waals surface area contributed by atoms with E-state index >= 15 is 0 Å². The van der Waals surface area contributed by atoms with Crippen LogP contribution in [-0.2, 0) is 0 Å². The predicted octanol–water partition coefficient (Wildman–Crippen LogP) is 4.96. The van der Waals surface area contributed by atoms with Crippen molar-refractivity contribution in [3.8, 4) is 5.75 Å². The van der Waals surface area contributed by atoms with Gasteiger partial charge < -0.3 is 10.1 Å². The number of halogens is 3. The van der Waals surface area contributed by atoms with Gasteiger partial charge in [-0.25, -0.2) is 0 Å². The van der Waals surface area contributed by atoms with Crippen LogP contribution in [0.1, 0.15) is 17.2 Å². The minimum Gasteiger partial charge on any atom is -0.495 e. The molecule has 0 aromatic heterocycles. The number of nitrogens with one attached hydrogen (secondary N) is 1. The van der Waals surface area contributed by atoms with Gasteiger partial charge in [0, 0.05) is 10.0 Å². The first-order valence-electron chi connectivity index (χ1n) is 6.02. The van der Waals surface area contributed by atoms with Gasteiger partial charge in [-0.1, -0.05) is 46.9 Å². The minimum atomic E-state index is -0.0665. The number of hydrogen-bond acceptors (Lipinski definition) is 2. The van der Waals surface area contributed by atoms with Crippen molar-refractivity contribution >= 4 is 34.8 Å². The summed E-state index contributed by atoms with van der Waals surface area (Å²) in [7, 11) is 3.46. The third-order valence-electron chi connectivity index (χ3n) is 3.07. The van der Waals surface area contributed by atoms with Gasteiger partial charge in [0.05, 0.1) is 18.2 Å². The molecule has 0 bridgehead atoms. The Morgan fingerprint density at radius 1 is 1.00 bits per heavy atom. The first-order valence-corrected chi connectivity index (χ1v) is 7.16. The third-order valence-corrected chi connectivity index (χ3v) is 3.93. The summed E-state index contributed by atoms with van der Waals surface area (Å²) >= 11 is 18.4. The number of methoxy groups -OCH3 is 1. The lowest BCUT2D eigenvalue weighted by Crippen LogP contribution is -2.18. The van der Waals surface area contributed by atoms with Crippen LogP contribution in [0.5, 0.6) is 5.75 Å². The molecule has 2 aromatic carbocycles. The summed E-state index contributed by atoms with van der Waals surface area (Å²) in [6.45, 7) is 0. The number of benzene rings is 2. The Labute approximate surface area is 133 Å². The maximum Gasteiger partial charge on any atom is 0.137 e. The molecule has 0 aliphatic heterocycles. The van der Waals surface area contributed by atoms with Crippen molar-refractivity contribution in [3.05, 3.63) is 62.6 Å². The Bertz CT molecular complexity index is 616. The van der Waals surface area contributed by atoms with Gasteiger partial charge in [0.25, 0.3) is 0 Å². The van der Waals surface area contributed by atoms with E-state index in [-0.39, 0.29) is 6.04 Å². The standard InChI is InChI=1S/C15H14Cl3NO/c1-19-15(11-5-4-10(16)8-12(11)17)9-3-6-14(20-2)13(18)7-9/h3-8,15,19H,1-2H3. The molecule has 0 spiro atoms. The zero-order chi connectivity index (χ0) is 14.7. The Hall–Kier alpha value is -0.930. The van der Waals surface area contributed by atoms with Crippen LogP contribution in [0, 0.1) is 0 Å². The van der Waals surface area contributed by atoms with Crippen molar-refractivity contribution in [3.63, 3.8) is 0 Å². The molecular weight excluding hydrogens is 317 g/mol. The van der Waals surface area contributed by atoms with Crippen molar-refractivity contribution in [2.75, 3.05) is 14.2 Å². The van der Waals surface area contributed by atoms with Gasteiger partial charge >= 0.3 is 0 Å². The third kappa shape index (κ3) is 3.21. The SMILES string of the molecule is CNC(c1ccc(OC)c(Cl)c1)c1ccc(Cl)cc1Cl. The molecule has 0 fully saturated rings. The summed E-state index contributed by atoms with van der Waals surface area (Å²) in [6.07, 6.45) is 0. The van der Waals surface area contributed by atoms with Crippen molar-refractivity contribution in [1.82, 2.24) is 5.32 Å². The summed E-state index contributed by atoms with van der Waals surface area (Å²) in [5.74, 6) is 0.646. The number of hydrogen-bond donors (Lipinski definition) is 1. The highest BCUT2D eigenvalue weighted by Gasteiger charge is 2.16. The fraction of sp³-hybridized carbons (Fsp3) is 0.200. The summed E-state index contributed by atoms with van der Waals surface area (Å²) in [5, 5.41) is 5.02. The predicted molar refractivity (Wildman–Crippen MR) is 85.4 cm³/mol. The van der Waals surface area contributed by atoms with E-state index in [1.165, 1.54) is 0 Å². The van der Waals surface area contributed by atoms with E-state index in [2.05, 4.69) is 5.32 Å². The summed E-state index contributed by atoms with van der Waals surface area (Å²) in [4.78, 5) is 0. The molecule has 20 heavy (non-hydrogen) atoms. The molecule has 0 saturated carbocycles. The van der Waals surface area contributed by atoms with Crippen molar-refractivity contribution < 1.29 is 4.74 Å². The zero-order valence-electron chi connectivity index (χ0n) is 11.1. The van der Waals surface area contributed by atoms with E-state index in [4.69, 9.17) is 39.5 Å². The molecule has 1 unspecified atom stereocenters. The second-order valence-electron chi connectivity index (χ2n) is 4.28. The van der Waals surface area contributed by atoms with Crippen LogP contribution in [0.4, 0.5) is 0 Å². The van der Waals surface area contributed by atoms with E-state index in [1.54, 1.807) is 13.2 Å². The van der Waals surface area contributed by atoms with Gasteiger partial charge in [0.1, 0.15) is 5.75 Å². The zero-order valence-corrected chi connectivity index (χ0v) is 13.4. The molecule has 0 aliphatic carbocycles.